The van der Waals surface area contributed by atoms with Gasteiger partial charge < -0.3 is 0 Å². The van der Waals surface area contributed by atoms with E-state index in [1.165, 1.54) is 21.4 Å². The number of para-hydroxylation sites is 1. The molecule has 5 heteroatoms. The predicted molar refractivity (Wildman–Crippen MR) is 108 cm³/mol. The van der Waals surface area contributed by atoms with Crippen molar-refractivity contribution in [1.82, 2.24) is 9.88 Å². The molecule has 4 nitrogen and oxygen atoms in total. The van der Waals surface area contributed by atoms with Crippen molar-refractivity contribution in [2.75, 3.05) is 12.3 Å². The van der Waals surface area contributed by atoms with Crippen LogP contribution in [0.4, 0.5) is 0 Å². The Kier molecular flexibility index (Phi) is 4.70. The number of aromatic nitrogens is 1. The molecule has 2 aromatic carbocycles. The minimum Gasteiger partial charge on any atom is -0.274 e. The summed E-state index contributed by atoms with van der Waals surface area (Å²) in [5.41, 5.74) is 4.45. The highest BCUT2D eigenvalue weighted by atomic mass is 32.2. The molecule has 0 unspecified atom stereocenters. The smallest absolute Gasteiger partial charge is 0.261 e. The molecule has 1 aliphatic rings. The number of benzene rings is 2. The zero-order chi connectivity index (χ0) is 19.0. The Hall–Kier alpha value is -2.66. The summed E-state index contributed by atoms with van der Waals surface area (Å²) >= 11 is 1.67. The molecule has 0 aliphatic carbocycles. The van der Waals surface area contributed by atoms with Crippen molar-refractivity contribution in [3.8, 4) is 0 Å². The maximum atomic E-state index is 12.4. The Bertz CT molecular complexity index is 1030. The largest absolute Gasteiger partial charge is 0.274 e. The molecule has 4 rings (SSSR count). The zero-order valence-electron chi connectivity index (χ0n) is 15.4. The maximum absolute atomic E-state index is 12.4. The maximum Gasteiger partial charge on any atom is 0.261 e. The van der Waals surface area contributed by atoms with E-state index in [1.807, 2.05) is 0 Å². The van der Waals surface area contributed by atoms with Gasteiger partial charge in [0.2, 0.25) is 0 Å². The molecular formula is C22H20N2O2S. The van der Waals surface area contributed by atoms with Crippen molar-refractivity contribution in [3.63, 3.8) is 0 Å². The van der Waals surface area contributed by atoms with Crippen LogP contribution < -0.4 is 0 Å². The van der Waals surface area contributed by atoms with Gasteiger partial charge in [0.05, 0.1) is 21.7 Å². The molecule has 0 spiro atoms. The van der Waals surface area contributed by atoms with Gasteiger partial charge in [-0.25, -0.2) is 4.98 Å². The number of hydrogen-bond donors (Lipinski definition) is 0. The lowest BCUT2D eigenvalue weighted by atomic mass is 10.1. The second-order valence-corrected chi connectivity index (χ2v) is 7.87. The SMILES string of the molecule is Cc1cc(SCCCN2C(=O)c3ccccc3C2=O)nc2c(C)cccc12. The fraction of sp³-hybridized carbons (Fsp3) is 0.227. The molecule has 1 aliphatic heterocycles. The number of amides is 2. The van der Waals surface area contributed by atoms with Crippen molar-refractivity contribution in [2.24, 2.45) is 0 Å². The standard InChI is InChI=1S/C22H20N2O2S/c1-14-7-5-10-16-15(2)13-19(23-20(14)16)27-12-6-11-24-21(25)17-8-3-4-9-18(17)22(24)26/h3-5,7-10,13H,6,11-12H2,1-2H3. The summed E-state index contributed by atoms with van der Waals surface area (Å²) in [6.07, 6.45) is 0.739. The molecule has 136 valence electrons. The van der Waals surface area contributed by atoms with Crippen molar-refractivity contribution >= 4 is 34.5 Å². The fourth-order valence-electron chi connectivity index (χ4n) is 3.45. The van der Waals surface area contributed by atoms with Gasteiger partial charge in [-0.3, -0.25) is 14.5 Å². The first-order chi connectivity index (χ1) is 13.1. The topological polar surface area (TPSA) is 50.3 Å². The summed E-state index contributed by atoms with van der Waals surface area (Å²) in [5.74, 6) is 0.434. The average molecular weight is 376 g/mol. The third-order valence-electron chi connectivity index (χ3n) is 4.88. The number of thioether (sulfide) groups is 1. The van der Waals surface area contributed by atoms with Gasteiger partial charge in [0.15, 0.2) is 0 Å². The predicted octanol–water partition coefficient (Wildman–Crippen LogP) is 4.63. The number of imide groups is 1. The van der Waals surface area contributed by atoms with Crippen LogP contribution in [0.25, 0.3) is 10.9 Å². The summed E-state index contributed by atoms with van der Waals surface area (Å²) in [6.45, 7) is 4.61. The summed E-state index contributed by atoms with van der Waals surface area (Å²) in [7, 11) is 0. The van der Waals surface area contributed by atoms with Gasteiger partial charge in [-0.1, -0.05) is 30.3 Å². The van der Waals surface area contributed by atoms with Gasteiger partial charge in [-0.15, -0.1) is 11.8 Å². The highest BCUT2D eigenvalue weighted by molar-refractivity contribution is 7.99. The molecule has 2 heterocycles. The lowest BCUT2D eigenvalue weighted by Gasteiger charge is -2.13. The molecule has 27 heavy (non-hydrogen) atoms. The van der Waals surface area contributed by atoms with Crippen LogP contribution in [0.15, 0.2) is 53.6 Å². The van der Waals surface area contributed by atoms with Crippen LogP contribution in [0.1, 0.15) is 38.3 Å². The monoisotopic (exact) mass is 376 g/mol. The molecule has 0 atom stereocenters. The van der Waals surface area contributed by atoms with Crippen molar-refractivity contribution in [2.45, 2.75) is 25.3 Å². The van der Waals surface area contributed by atoms with Crippen LogP contribution in [-0.4, -0.2) is 34.0 Å². The van der Waals surface area contributed by atoms with E-state index in [1.54, 1.807) is 36.0 Å². The van der Waals surface area contributed by atoms with Crippen molar-refractivity contribution in [1.29, 1.82) is 0 Å². The van der Waals surface area contributed by atoms with E-state index < -0.39 is 0 Å². The Balaban J connectivity index is 1.40. The quantitative estimate of drug-likeness (QED) is 0.370. The number of nitrogens with zero attached hydrogens (tertiary/aromatic N) is 2. The zero-order valence-corrected chi connectivity index (χ0v) is 16.2. The lowest BCUT2D eigenvalue weighted by molar-refractivity contribution is 0.0655. The van der Waals surface area contributed by atoms with E-state index in [9.17, 15) is 9.59 Å². The van der Waals surface area contributed by atoms with E-state index in [-0.39, 0.29) is 11.8 Å². The number of fused-ring (bicyclic) bond motifs is 2. The minimum absolute atomic E-state index is 0.184. The molecule has 3 aromatic rings. The van der Waals surface area contributed by atoms with E-state index in [4.69, 9.17) is 4.98 Å². The van der Waals surface area contributed by atoms with Crippen LogP contribution in [0, 0.1) is 13.8 Å². The highest BCUT2D eigenvalue weighted by Crippen LogP contribution is 2.27. The highest BCUT2D eigenvalue weighted by Gasteiger charge is 2.34. The van der Waals surface area contributed by atoms with Crippen LogP contribution >= 0.6 is 11.8 Å². The van der Waals surface area contributed by atoms with Crippen molar-refractivity contribution < 1.29 is 9.59 Å². The number of carbonyl (C=O) groups excluding carboxylic acids is 2. The third kappa shape index (κ3) is 3.23. The molecule has 2 amide bonds. The summed E-state index contributed by atoms with van der Waals surface area (Å²) in [6, 6.07) is 15.4. The molecule has 0 radical (unpaired) electrons. The van der Waals surface area contributed by atoms with Crippen LogP contribution in [0.2, 0.25) is 0 Å². The number of hydrogen-bond acceptors (Lipinski definition) is 4. The van der Waals surface area contributed by atoms with Crippen LogP contribution in [0.5, 0.6) is 0 Å². The molecule has 0 N–H and O–H groups in total. The minimum atomic E-state index is -0.184. The van der Waals surface area contributed by atoms with Gasteiger partial charge in [-0.05, 0) is 49.6 Å². The van der Waals surface area contributed by atoms with Gasteiger partial charge in [-0.2, -0.15) is 0 Å². The first-order valence-electron chi connectivity index (χ1n) is 9.01. The summed E-state index contributed by atoms with van der Waals surface area (Å²) < 4.78 is 0. The van der Waals surface area contributed by atoms with Crippen LogP contribution in [-0.2, 0) is 0 Å². The van der Waals surface area contributed by atoms with Gasteiger partial charge >= 0.3 is 0 Å². The van der Waals surface area contributed by atoms with Gasteiger partial charge in [0.25, 0.3) is 11.8 Å². The van der Waals surface area contributed by atoms with E-state index >= 15 is 0 Å². The normalized spacial score (nSPS) is 13.5. The Morgan fingerprint density at radius 2 is 1.63 bits per heavy atom. The number of rotatable bonds is 5. The van der Waals surface area contributed by atoms with E-state index in [0.29, 0.717) is 17.7 Å². The van der Waals surface area contributed by atoms with E-state index in [0.717, 1.165) is 22.7 Å². The third-order valence-corrected chi connectivity index (χ3v) is 5.88. The Morgan fingerprint density at radius 3 is 2.33 bits per heavy atom. The van der Waals surface area contributed by atoms with Crippen molar-refractivity contribution in [3.05, 3.63) is 70.8 Å². The summed E-state index contributed by atoms with van der Waals surface area (Å²) in [5, 5.41) is 2.17. The Morgan fingerprint density at radius 1 is 0.926 bits per heavy atom. The van der Waals surface area contributed by atoms with Gasteiger partial charge in [0.1, 0.15) is 0 Å². The molecule has 1 aromatic heterocycles. The molecular weight excluding hydrogens is 356 g/mol. The van der Waals surface area contributed by atoms with E-state index in [2.05, 4.69) is 38.1 Å². The number of aryl methyl sites for hydroxylation is 2. The van der Waals surface area contributed by atoms with Crippen LogP contribution in [0.3, 0.4) is 0 Å². The second-order valence-electron chi connectivity index (χ2n) is 6.76. The fourth-order valence-corrected chi connectivity index (χ4v) is 4.35. The molecule has 0 saturated heterocycles. The lowest BCUT2D eigenvalue weighted by Crippen LogP contribution is -2.30. The molecule has 0 fully saturated rings. The number of pyridine rings is 1. The molecule has 0 saturated carbocycles. The average Bonchev–Trinajstić information content (AvgIpc) is 2.91. The first-order valence-corrected chi connectivity index (χ1v) is 10.00. The molecule has 0 bridgehead atoms. The number of carbonyl (C=O) groups is 2. The second kappa shape index (κ2) is 7.16. The Labute approximate surface area is 162 Å². The first kappa shape index (κ1) is 17.7. The van der Waals surface area contributed by atoms with Gasteiger partial charge in [0, 0.05) is 17.7 Å². The summed E-state index contributed by atoms with van der Waals surface area (Å²) in [4.78, 5) is 30.9.